The lowest BCUT2D eigenvalue weighted by atomic mass is 10.2. The number of hydrogen-bond acceptors (Lipinski definition) is 7. The van der Waals surface area contributed by atoms with Crippen LogP contribution in [-0.2, 0) is 22.4 Å². The molecule has 3 heterocycles. The van der Waals surface area contributed by atoms with E-state index in [0.29, 0.717) is 50.8 Å². The van der Waals surface area contributed by atoms with E-state index in [1.165, 1.54) is 11.3 Å². The van der Waals surface area contributed by atoms with Crippen molar-refractivity contribution in [3.8, 4) is 0 Å². The molecule has 1 aliphatic rings. The number of imidazole rings is 1. The Hall–Kier alpha value is -2.98. The van der Waals surface area contributed by atoms with Crippen LogP contribution in [0, 0.1) is 0 Å². The Morgan fingerprint density at radius 3 is 2.70 bits per heavy atom. The van der Waals surface area contributed by atoms with Gasteiger partial charge in [0.2, 0.25) is 0 Å². The zero-order chi connectivity index (χ0) is 23.4. The number of aromatic nitrogens is 3. The molecule has 1 aromatic carbocycles. The van der Waals surface area contributed by atoms with E-state index in [4.69, 9.17) is 9.47 Å². The summed E-state index contributed by atoms with van der Waals surface area (Å²) in [6, 6.07) is 7.74. The highest BCUT2D eigenvalue weighted by atomic mass is 32.1. The Bertz CT molecular complexity index is 1080. The summed E-state index contributed by atoms with van der Waals surface area (Å²) in [7, 11) is 0. The Labute approximate surface area is 196 Å². The van der Waals surface area contributed by atoms with E-state index in [0.717, 1.165) is 16.0 Å². The Balaban J connectivity index is 1.44. The molecule has 176 valence electrons. The summed E-state index contributed by atoms with van der Waals surface area (Å²) in [5.41, 5.74) is 1.60. The topological polar surface area (TPSA) is 101 Å². The van der Waals surface area contributed by atoms with Crippen molar-refractivity contribution in [2.24, 2.45) is 0 Å². The fourth-order valence-electron chi connectivity index (χ4n) is 3.51. The molecule has 3 aromatic rings. The van der Waals surface area contributed by atoms with Crippen LogP contribution in [0.15, 0.2) is 29.6 Å². The van der Waals surface area contributed by atoms with Gasteiger partial charge in [-0.25, -0.2) is 14.8 Å². The van der Waals surface area contributed by atoms with Crippen molar-refractivity contribution in [2.45, 2.75) is 39.3 Å². The van der Waals surface area contributed by atoms with E-state index in [2.05, 4.69) is 15.0 Å². The second-order valence-electron chi connectivity index (χ2n) is 8.88. The Morgan fingerprint density at radius 2 is 1.97 bits per heavy atom. The van der Waals surface area contributed by atoms with Crippen molar-refractivity contribution in [3.05, 3.63) is 46.2 Å². The highest BCUT2D eigenvalue weighted by Crippen LogP contribution is 2.18. The summed E-state index contributed by atoms with van der Waals surface area (Å²) in [6.07, 6.45) is 0.102. The molecule has 33 heavy (non-hydrogen) atoms. The van der Waals surface area contributed by atoms with E-state index < -0.39 is 11.7 Å². The molecule has 0 saturated carbocycles. The summed E-state index contributed by atoms with van der Waals surface area (Å²) in [5.74, 6) is 0.608. The van der Waals surface area contributed by atoms with Gasteiger partial charge in [-0.2, -0.15) is 0 Å². The summed E-state index contributed by atoms with van der Waals surface area (Å²) < 4.78 is 10.9. The molecule has 1 aliphatic heterocycles. The van der Waals surface area contributed by atoms with Crippen LogP contribution in [0.1, 0.15) is 42.1 Å². The van der Waals surface area contributed by atoms with Crippen LogP contribution in [-0.4, -0.2) is 75.2 Å². The molecule has 0 atom stereocenters. The number of H-pyrrole nitrogens is 1. The maximum atomic E-state index is 12.9. The van der Waals surface area contributed by atoms with Crippen LogP contribution < -0.4 is 0 Å². The van der Waals surface area contributed by atoms with Gasteiger partial charge in [0.05, 0.1) is 35.8 Å². The predicted octanol–water partition coefficient (Wildman–Crippen LogP) is 3.47. The first-order chi connectivity index (χ1) is 15.8. The summed E-state index contributed by atoms with van der Waals surface area (Å²) in [6.45, 7) is 8.47. The molecule has 1 saturated heterocycles. The SMILES string of the molecule is CC(C)(C)OC(=O)N(CCc1nc(C(=O)N2CCOCC2)cs1)Cc1nc2ccccc2[nH]1. The van der Waals surface area contributed by atoms with E-state index >= 15 is 0 Å². The first-order valence-corrected chi connectivity index (χ1v) is 11.9. The average Bonchev–Trinajstić information content (AvgIpc) is 3.42. The minimum absolute atomic E-state index is 0.0768. The molecule has 0 bridgehead atoms. The Kier molecular flexibility index (Phi) is 6.94. The molecular formula is C23H29N5O4S. The maximum absolute atomic E-state index is 12.9. The van der Waals surface area contributed by atoms with Gasteiger partial charge in [-0.1, -0.05) is 12.1 Å². The average molecular weight is 472 g/mol. The fraction of sp³-hybridized carbons (Fsp3) is 0.478. The first-order valence-electron chi connectivity index (χ1n) is 11.0. The summed E-state index contributed by atoms with van der Waals surface area (Å²) in [4.78, 5) is 41.3. The number of carbonyl (C=O) groups is 2. The highest BCUT2D eigenvalue weighted by molar-refractivity contribution is 7.09. The smallest absolute Gasteiger partial charge is 0.410 e. The number of benzene rings is 1. The highest BCUT2D eigenvalue weighted by Gasteiger charge is 2.25. The molecular weight excluding hydrogens is 442 g/mol. The number of morpholine rings is 1. The van der Waals surface area contributed by atoms with E-state index in [1.54, 1.807) is 15.2 Å². The van der Waals surface area contributed by atoms with Crippen LogP contribution >= 0.6 is 11.3 Å². The molecule has 2 aromatic heterocycles. The zero-order valence-electron chi connectivity index (χ0n) is 19.2. The largest absolute Gasteiger partial charge is 0.444 e. The maximum Gasteiger partial charge on any atom is 0.410 e. The van der Waals surface area contributed by atoms with E-state index in [9.17, 15) is 9.59 Å². The van der Waals surface area contributed by atoms with Crippen LogP contribution in [0.4, 0.5) is 4.79 Å². The second kappa shape index (κ2) is 9.88. The van der Waals surface area contributed by atoms with Gasteiger partial charge >= 0.3 is 6.09 Å². The number of thiazole rings is 1. The summed E-state index contributed by atoms with van der Waals surface area (Å²) >= 11 is 1.43. The van der Waals surface area contributed by atoms with E-state index in [-0.39, 0.29) is 12.5 Å². The van der Waals surface area contributed by atoms with Gasteiger partial charge in [0.1, 0.15) is 17.1 Å². The zero-order valence-corrected chi connectivity index (χ0v) is 20.0. The van der Waals surface area contributed by atoms with Crippen LogP contribution in [0.25, 0.3) is 11.0 Å². The number of hydrogen-bond donors (Lipinski definition) is 1. The van der Waals surface area contributed by atoms with Crippen LogP contribution in [0.5, 0.6) is 0 Å². The lowest BCUT2D eigenvalue weighted by molar-refractivity contribution is 0.0231. The van der Waals surface area contributed by atoms with Gasteiger partial charge < -0.3 is 24.3 Å². The molecule has 10 heteroatoms. The monoisotopic (exact) mass is 471 g/mol. The molecule has 1 N–H and O–H groups in total. The molecule has 0 unspecified atom stereocenters. The first kappa shape index (κ1) is 23.2. The van der Waals surface area contributed by atoms with Gasteiger partial charge in [0, 0.05) is 31.4 Å². The van der Waals surface area contributed by atoms with Crippen molar-refractivity contribution in [3.63, 3.8) is 0 Å². The molecule has 2 amide bonds. The number of carbonyl (C=O) groups excluding carboxylic acids is 2. The molecule has 1 fully saturated rings. The second-order valence-corrected chi connectivity index (χ2v) is 9.83. The lowest BCUT2D eigenvalue weighted by Gasteiger charge is -2.26. The number of nitrogens with zero attached hydrogens (tertiary/aromatic N) is 4. The number of para-hydroxylation sites is 2. The lowest BCUT2D eigenvalue weighted by Crippen LogP contribution is -2.40. The quantitative estimate of drug-likeness (QED) is 0.591. The number of rotatable bonds is 6. The van der Waals surface area contributed by atoms with Crippen molar-refractivity contribution in [1.82, 2.24) is 24.8 Å². The van der Waals surface area contributed by atoms with Gasteiger partial charge in [0.25, 0.3) is 5.91 Å². The molecule has 0 spiro atoms. The normalized spacial score (nSPS) is 14.5. The number of aromatic amines is 1. The third-order valence-electron chi connectivity index (χ3n) is 5.10. The van der Waals surface area contributed by atoms with Gasteiger partial charge in [-0.3, -0.25) is 4.79 Å². The van der Waals surface area contributed by atoms with Gasteiger partial charge in [-0.05, 0) is 32.9 Å². The fourth-order valence-corrected chi connectivity index (χ4v) is 4.27. The minimum Gasteiger partial charge on any atom is -0.444 e. The molecule has 0 aliphatic carbocycles. The van der Waals surface area contributed by atoms with Gasteiger partial charge in [0.15, 0.2) is 0 Å². The molecule has 0 radical (unpaired) electrons. The number of ether oxygens (including phenoxy) is 2. The molecule has 9 nitrogen and oxygen atoms in total. The molecule has 4 rings (SSSR count). The standard InChI is InChI=1S/C23H29N5O4S/c1-23(2,3)32-22(30)28(14-19-24-16-6-4-5-7-17(16)25-19)9-8-20-26-18(15-33-20)21(29)27-10-12-31-13-11-27/h4-7,15H,8-14H2,1-3H3,(H,24,25). The van der Waals surface area contributed by atoms with Gasteiger partial charge in [-0.15, -0.1) is 11.3 Å². The van der Waals surface area contributed by atoms with Crippen LogP contribution in [0.3, 0.4) is 0 Å². The number of amides is 2. The third-order valence-corrected chi connectivity index (χ3v) is 6.00. The minimum atomic E-state index is -0.609. The summed E-state index contributed by atoms with van der Waals surface area (Å²) in [5, 5.41) is 2.58. The Morgan fingerprint density at radius 1 is 1.21 bits per heavy atom. The van der Waals surface area contributed by atoms with E-state index in [1.807, 2.05) is 45.0 Å². The van der Waals surface area contributed by atoms with Crippen molar-refractivity contribution >= 4 is 34.4 Å². The van der Waals surface area contributed by atoms with Crippen molar-refractivity contribution in [1.29, 1.82) is 0 Å². The van der Waals surface area contributed by atoms with Crippen molar-refractivity contribution < 1.29 is 19.1 Å². The number of fused-ring (bicyclic) bond motifs is 1. The van der Waals surface area contributed by atoms with Crippen LogP contribution in [0.2, 0.25) is 0 Å². The third kappa shape index (κ3) is 6.08. The van der Waals surface area contributed by atoms with Crippen molar-refractivity contribution in [2.75, 3.05) is 32.8 Å². The predicted molar refractivity (Wildman–Crippen MR) is 125 cm³/mol. The number of nitrogens with one attached hydrogen (secondary N) is 1.